The van der Waals surface area contributed by atoms with E-state index in [4.69, 9.17) is 11.5 Å². The summed E-state index contributed by atoms with van der Waals surface area (Å²) < 4.78 is 149. The summed E-state index contributed by atoms with van der Waals surface area (Å²) in [5.74, 6) is 0. The molecule has 0 unspecified atom stereocenters. The monoisotopic (exact) mass is 1190 g/mol. The Balaban J connectivity index is 0.000000193. The Morgan fingerprint density at radius 1 is 0.366 bits per heavy atom. The van der Waals surface area contributed by atoms with Crippen molar-refractivity contribution in [2.75, 3.05) is 22.1 Å². The van der Waals surface area contributed by atoms with Crippen molar-refractivity contribution in [2.24, 2.45) is 0 Å². The van der Waals surface area contributed by atoms with Gasteiger partial charge >= 0.3 is 59.1 Å². The standard InChI is InChI=1S/2C28H20N4O6S2.2Na/c2*29-20-14-23-21(16-26(20)40(36,37)38)31-28-19-12-7-13-25(39(33,34)35)27(19)22(30-17-8-3-1-4-9-17)15-24(28)32(23)18-10-5-2-6-11-18;;/h2*1-16H,(H4,29,30,33,34,35,36,37,38);;/q;;2*+1/p-2. The molecule has 400 valence electrons. The van der Waals surface area contributed by atoms with E-state index in [2.05, 4.69) is 20.6 Å². The molecular formula is C56H38N8Na2O12S4. The van der Waals surface area contributed by atoms with Gasteiger partial charge in [0.2, 0.25) is 33.4 Å². The van der Waals surface area contributed by atoms with Crippen molar-refractivity contribution < 1.29 is 120 Å². The van der Waals surface area contributed by atoms with Gasteiger partial charge in [0.25, 0.3) is 0 Å². The van der Waals surface area contributed by atoms with Crippen LogP contribution in [0.3, 0.4) is 0 Å². The number of rotatable bonds is 10. The quantitative estimate of drug-likeness (QED) is 0.0379. The number of nitrogens with one attached hydrogen (secondary N) is 2. The molecule has 0 radical (unpaired) electrons. The molecule has 0 saturated carbocycles. The Bertz CT molecular complexity index is 4710. The molecule has 0 bridgehead atoms. The number of hydrogen-bond acceptors (Lipinski definition) is 18. The maximum Gasteiger partial charge on any atom is 1.00 e. The Morgan fingerprint density at radius 3 is 1.00 bits per heavy atom. The second-order valence-corrected chi connectivity index (χ2v) is 23.5. The SMILES string of the molecule is Nc1cc2c(cc1S(=O)(=O)[O-])nc1c3cccc(S(=O)(=O)[O-])c3c(Nc3ccccc3)cc1[n+]2-c1ccccc1.Nc1cc2c(cc1S(=O)(=O)[O-])nc1c3cccc(S(=O)(=O)[O-])c3c(Nc3ccccc3)cc1[n+]2-c1ccccc1.[Na+].[Na+]. The zero-order valence-corrected chi connectivity index (χ0v) is 50.2. The maximum atomic E-state index is 12.4. The van der Waals surface area contributed by atoms with Gasteiger partial charge in [-0.05, 0) is 48.5 Å². The van der Waals surface area contributed by atoms with Crippen molar-refractivity contribution in [2.45, 2.75) is 19.6 Å². The maximum absolute atomic E-state index is 12.4. The largest absolute Gasteiger partial charge is 1.00 e. The molecule has 0 amide bonds. The van der Waals surface area contributed by atoms with Gasteiger partial charge in [0.15, 0.2) is 0 Å². The molecule has 2 heterocycles. The van der Waals surface area contributed by atoms with Crippen LogP contribution in [0.4, 0.5) is 34.1 Å². The number of nitrogens with zero attached hydrogens (tertiary/aromatic N) is 4. The van der Waals surface area contributed by atoms with Crippen molar-refractivity contribution in [3.8, 4) is 11.4 Å². The molecule has 0 spiro atoms. The Morgan fingerprint density at radius 2 is 0.683 bits per heavy atom. The van der Waals surface area contributed by atoms with Gasteiger partial charge in [-0.1, -0.05) is 97.1 Å². The molecule has 26 heteroatoms. The van der Waals surface area contributed by atoms with Crippen LogP contribution in [0.25, 0.3) is 77.1 Å². The normalized spacial score (nSPS) is 12.0. The molecular weight excluding hydrogens is 1150 g/mol. The fraction of sp³-hybridized carbons (Fsp3) is 0. The summed E-state index contributed by atoms with van der Waals surface area (Å²) in [7, 11) is -19.7. The van der Waals surface area contributed by atoms with Gasteiger partial charge in [-0.15, -0.1) is 9.13 Å². The van der Waals surface area contributed by atoms with E-state index in [1.165, 1.54) is 36.4 Å². The Kier molecular flexibility index (Phi) is 16.5. The zero-order chi connectivity index (χ0) is 56.5. The smallest absolute Gasteiger partial charge is 0.744 e. The van der Waals surface area contributed by atoms with E-state index in [1.807, 2.05) is 72.8 Å². The van der Waals surface area contributed by atoms with Crippen LogP contribution in [-0.2, 0) is 40.5 Å². The van der Waals surface area contributed by atoms with Crippen molar-refractivity contribution in [1.29, 1.82) is 0 Å². The molecule has 20 nitrogen and oxygen atoms in total. The number of hydrogen-bond donors (Lipinski definition) is 4. The number of nitrogens with two attached hydrogens (primary N) is 2. The molecule has 12 aromatic rings. The average Bonchev–Trinajstić information content (AvgIpc) is 2.78. The van der Waals surface area contributed by atoms with Crippen LogP contribution in [-0.4, -0.2) is 61.9 Å². The molecule has 0 aliphatic rings. The summed E-state index contributed by atoms with van der Waals surface area (Å²) in [6.07, 6.45) is 0. The van der Waals surface area contributed by atoms with E-state index in [-0.39, 0.29) is 103 Å². The van der Waals surface area contributed by atoms with E-state index < -0.39 is 60.1 Å². The van der Waals surface area contributed by atoms with Crippen LogP contribution < -0.4 is 90.3 Å². The number of fused-ring (bicyclic) bond motifs is 8. The van der Waals surface area contributed by atoms with Crippen LogP contribution in [0.15, 0.2) is 214 Å². The van der Waals surface area contributed by atoms with Crippen molar-refractivity contribution in [1.82, 2.24) is 9.97 Å². The molecule has 2 aromatic heterocycles. The fourth-order valence-corrected chi connectivity index (χ4v) is 12.4. The summed E-state index contributed by atoms with van der Waals surface area (Å²) in [4.78, 5) is 7.21. The predicted molar refractivity (Wildman–Crippen MR) is 297 cm³/mol. The summed E-state index contributed by atoms with van der Waals surface area (Å²) in [6, 6.07) is 53.1. The molecule has 82 heavy (non-hydrogen) atoms. The zero-order valence-electron chi connectivity index (χ0n) is 43.0. The van der Waals surface area contributed by atoms with Gasteiger partial charge in [-0.3, -0.25) is 0 Å². The third kappa shape index (κ3) is 11.5. The number of aromatic nitrogens is 4. The first-order valence-corrected chi connectivity index (χ1v) is 29.4. The molecule has 0 atom stereocenters. The van der Waals surface area contributed by atoms with Crippen molar-refractivity contribution in [3.05, 3.63) is 194 Å². The Labute approximate surface area is 512 Å². The van der Waals surface area contributed by atoms with Gasteiger partial charge in [0.1, 0.15) is 62.5 Å². The third-order valence-electron chi connectivity index (χ3n) is 13.0. The molecule has 0 aliphatic heterocycles. The molecule has 0 fully saturated rings. The molecule has 0 saturated heterocycles. The number of nitrogen functional groups attached to an aromatic ring is 2. The first-order chi connectivity index (χ1) is 38.0. The van der Waals surface area contributed by atoms with E-state index in [1.54, 1.807) is 81.9 Å². The molecule has 10 aromatic carbocycles. The molecule has 6 N–H and O–H groups in total. The first kappa shape index (κ1) is 59.4. The second-order valence-electron chi connectivity index (χ2n) is 18.1. The third-order valence-corrected chi connectivity index (χ3v) is 16.5. The topological polar surface area (TPSA) is 338 Å². The van der Waals surface area contributed by atoms with Crippen molar-refractivity contribution in [3.63, 3.8) is 0 Å². The number of para-hydroxylation sites is 4. The summed E-state index contributed by atoms with van der Waals surface area (Å²) in [5.41, 5.74) is 17.5. The van der Waals surface area contributed by atoms with E-state index in [9.17, 15) is 51.9 Å². The van der Waals surface area contributed by atoms with Crippen LogP contribution in [0.1, 0.15) is 0 Å². The van der Waals surface area contributed by atoms with E-state index >= 15 is 0 Å². The second kappa shape index (κ2) is 22.8. The van der Waals surface area contributed by atoms with Crippen LogP contribution in [0.5, 0.6) is 0 Å². The first-order valence-electron chi connectivity index (χ1n) is 23.7. The molecule has 0 aliphatic carbocycles. The van der Waals surface area contributed by atoms with E-state index in [0.717, 1.165) is 12.1 Å². The van der Waals surface area contributed by atoms with Crippen molar-refractivity contribution >= 4 is 140 Å². The predicted octanol–water partition coefficient (Wildman–Crippen LogP) is 1.91. The summed E-state index contributed by atoms with van der Waals surface area (Å²) >= 11 is 0. The molecule has 12 rings (SSSR count). The average molecular weight is 1190 g/mol. The minimum atomic E-state index is -4.92. The van der Waals surface area contributed by atoms with Crippen LogP contribution in [0.2, 0.25) is 0 Å². The fourth-order valence-electron chi connectivity index (χ4n) is 9.72. The Hall–Kier alpha value is -7.24. The van der Waals surface area contributed by atoms with Crippen LogP contribution in [0, 0.1) is 0 Å². The van der Waals surface area contributed by atoms with Crippen LogP contribution >= 0.6 is 0 Å². The number of anilines is 6. The summed E-state index contributed by atoms with van der Waals surface area (Å²) in [5, 5.41) is 7.34. The van der Waals surface area contributed by atoms with Gasteiger partial charge in [0.05, 0.1) is 42.3 Å². The van der Waals surface area contributed by atoms with Gasteiger partial charge in [0, 0.05) is 81.5 Å². The van der Waals surface area contributed by atoms with E-state index in [0.29, 0.717) is 67.0 Å². The minimum Gasteiger partial charge on any atom is -0.744 e. The minimum absolute atomic E-state index is 0. The van der Waals surface area contributed by atoms with Gasteiger partial charge in [-0.25, -0.2) is 43.6 Å². The van der Waals surface area contributed by atoms with Gasteiger partial charge in [-0.2, -0.15) is 0 Å². The number of benzene rings is 10. The van der Waals surface area contributed by atoms with Gasteiger partial charge < -0.3 is 40.3 Å². The summed E-state index contributed by atoms with van der Waals surface area (Å²) in [6.45, 7) is 0.